The van der Waals surface area contributed by atoms with Crippen LogP contribution in [0.15, 0.2) is 36.0 Å². The number of fused-ring (bicyclic) bond motifs is 1. The fraction of sp³-hybridized carbons (Fsp3) is 0.250. The van der Waals surface area contributed by atoms with Gasteiger partial charge in [0, 0.05) is 29.4 Å². The first-order chi connectivity index (χ1) is 16.5. The highest BCUT2D eigenvalue weighted by atomic mass is 35.5. The van der Waals surface area contributed by atoms with E-state index in [9.17, 15) is 29.4 Å². The van der Waals surface area contributed by atoms with Gasteiger partial charge in [0.2, 0.25) is 17.2 Å². The number of carbonyl (C=O) groups excluding carboxylic acids is 2. The Kier molecular flexibility index (Phi) is 5.93. The van der Waals surface area contributed by atoms with Gasteiger partial charge in [-0.3, -0.25) is 9.59 Å². The summed E-state index contributed by atoms with van der Waals surface area (Å²) in [6, 6.07) is 4.97. The van der Waals surface area contributed by atoms with Gasteiger partial charge in [0.1, 0.15) is 22.1 Å². The van der Waals surface area contributed by atoms with E-state index >= 15 is 0 Å². The third-order valence-electron chi connectivity index (χ3n) is 6.04. The number of anilines is 1. The monoisotopic (exact) mass is 501 g/mol. The Morgan fingerprint density at radius 3 is 2.17 bits per heavy atom. The van der Waals surface area contributed by atoms with Gasteiger partial charge in [0.25, 0.3) is 0 Å². The van der Waals surface area contributed by atoms with Crippen molar-refractivity contribution < 1.29 is 43.6 Å². The number of carbonyl (C=O) groups is 4. The number of allylic oxidation sites excluding steroid dienone is 1. The van der Waals surface area contributed by atoms with Crippen molar-refractivity contribution in [3.63, 3.8) is 0 Å². The van der Waals surface area contributed by atoms with Gasteiger partial charge in [0.05, 0.1) is 25.3 Å². The second-order valence-corrected chi connectivity index (χ2v) is 8.52. The lowest BCUT2D eigenvalue weighted by Crippen LogP contribution is -2.55. The maximum atomic E-state index is 13.5. The molecule has 1 heterocycles. The molecule has 2 aromatic rings. The number of rotatable bonds is 6. The SMILES string of the molecule is COc1cc(OC)c2c(c1Cl)OC1(C(=O)C=C(Nc3cc(C(=O)O)cc(C(=O)O)c3)CC1C)C2=O. The number of carboxylic acid groups (broad SMARTS) is 2. The van der Waals surface area contributed by atoms with Crippen molar-refractivity contribution in [3.8, 4) is 17.2 Å². The Balaban J connectivity index is 1.72. The molecule has 0 saturated heterocycles. The Hall–Kier alpha value is -4.05. The van der Waals surface area contributed by atoms with Crippen molar-refractivity contribution in [2.45, 2.75) is 18.9 Å². The van der Waals surface area contributed by atoms with Gasteiger partial charge < -0.3 is 29.7 Å². The average molecular weight is 502 g/mol. The number of benzene rings is 2. The minimum atomic E-state index is -1.87. The van der Waals surface area contributed by atoms with E-state index in [0.717, 1.165) is 6.07 Å². The molecule has 0 fully saturated rings. The third-order valence-corrected chi connectivity index (χ3v) is 6.40. The Morgan fingerprint density at radius 1 is 1.06 bits per heavy atom. The Bertz CT molecular complexity index is 1300. The molecule has 35 heavy (non-hydrogen) atoms. The number of nitrogens with one attached hydrogen (secondary N) is 1. The first kappa shape index (κ1) is 24.1. The second-order valence-electron chi connectivity index (χ2n) is 8.14. The molecule has 11 heteroatoms. The van der Waals surface area contributed by atoms with Gasteiger partial charge in [-0.2, -0.15) is 0 Å². The van der Waals surface area contributed by atoms with E-state index in [4.69, 9.17) is 25.8 Å². The number of ether oxygens (including phenoxy) is 3. The quantitative estimate of drug-likeness (QED) is 0.500. The molecule has 0 radical (unpaired) electrons. The fourth-order valence-electron chi connectivity index (χ4n) is 4.35. The lowest BCUT2D eigenvalue weighted by molar-refractivity contribution is -0.129. The van der Waals surface area contributed by atoms with Crippen molar-refractivity contribution >= 4 is 40.8 Å². The minimum Gasteiger partial charge on any atom is -0.496 e. The van der Waals surface area contributed by atoms with Gasteiger partial charge in [-0.05, 0) is 24.6 Å². The molecule has 4 rings (SSSR count). The van der Waals surface area contributed by atoms with E-state index in [2.05, 4.69) is 5.32 Å². The number of aromatic carboxylic acids is 2. The second kappa shape index (κ2) is 8.62. The van der Waals surface area contributed by atoms with Crippen LogP contribution in [-0.2, 0) is 4.79 Å². The number of carboxylic acids is 2. The van der Waals surface area contributed by atoms with Crippen molar-refractivity contribution in [2.75, 3.05) is 19.5 Å². The molecule has 2 aliphatic rings. The van der Waals surface area contributed by atoms with Crippen LogP contribution < -0.4 is 19.5 Å². The minimum absolute atomic E-state index is 0.00173. The summed E-state index contributed by atoms with van der Waals surface area (Å²) in [5.41, 5.74) is -1.77. The summed E-state index contributed by atoms with van der Waals surface area (Å²) in [4.78, 5) is 49.7. The molecule has 2 aromatic carbocycles. The zero-order valence-corrected chi connectivity index (χ0v) is 19.6. The lowest BCUT2D eigenvalue weighted by atomic mass is 9.74. The van der Waals surface area contributed by atoms with Gasteiger partial charge in [-0.1, -0.05) is 18.5 Å². The molecular formula is C24H20ClNO9. The zero-order chi connectivity index (χ0) is 25.7. The van der Waals surface area contributed by atoms with E-state index in [1.54, 1.807) is 6.92 Å². The summed E-state index contributed by atoms with van der Waals surface area (Å²) in [5.74, 6) is -4.15. The summed E-state index contributed by atoms with van der Waals surface area (Å²) < 4.78 is 16.5. The number of hydrogen-bond donors (Lipinski definition) is 3. The summed E-state index contributed by atoms with van der Waals surface area (Å²) in [6.07, 6.45) is 1.34. The summed E-state index contributed by atoms with van der Waals surface area (Å²) >= 11 is 6.37. The third kappa shape index (κ3) is 3.75. The van der Waals surface area contributed by atoms with E-state index in [1.807, 2.05) is 0 Å². The number of halogens is 1. The van der Waals surface area contributed by atoms with Crippen LogP contribution in [0.1, 0.15) is 44.4 Å². The van der Waals surface area contributed by atoms with Gasteiger partial charge in [0.15, 0.2) is 5.75 Å². The molecule has 1 aliphatic carbocycles. The number of hydrogen-bond acceptors (Lipinski definition) is 8. The van der Waals surface area contributed by atoms with Crippen molar-refractivity contribution in [1.29, 1.82) is 0 Å². The largest absolute Gasteiger partial charge is 0.496 e. The van der Waals surface area contributed by atoms with E-state index < -0.39 is 35.0 Å². The molecule has 0 aromatic heterocycles. The maximum absolute atomic E-state index is 13.5. The molecule has 0 saturated carbocycles. The van der Waals surface area contributed by atoms with Crippen molar-refractivity contribution in [3.05, 3.63) is 57.8 Å². The molecule has 1 aliphatic heterocycles. The molecular weight excluding hydrogens is 482 g/mol. The van der Waals surface area contributed by atoms with E-state index in [-0.39, 0.29) is 51.1 Å². The number of Topliss-reactive ketones (excluding diaryl/α,β-unsaturated/α-hetero) is 1. The van der Waals surface area contributed by atoms with Crippen LogP contribution in [0, 0.1) is 5.92 Å². The predicted octanol–water partition coefficient (Wildman–Crippen LogP) is 3.67. The fourth-order valence-corrected chi connectivity index (χ4v) is 4.61. The van der Waals surface area contributed by atoms with Gasteiger partial charge in [-0.25, -0.2) is 9.59 Å². The van der Waals surface area contributed by atoms with Crippen LogP contribution in [0.4, 0.5) is 5.69 Å². The van der Waals surface area contributed by atoms with E-state index in [1.165, 1.54) is 38.5 Å². The highest BCUT2D eigenvalue weighted by Crippen LogP contribution is 2.53. The molecule has 3 N–H and O–H groups in total. The van der Waals surface area contributed by atoms with Crippen LogP contribution in [0.25, 0.3) is 0 Å². The van der Waals surface area contributed by atoms with Gasteiger partial charge >= 0.3 is 11.9 Å². The van der Waals surface area contributed by atoms with Crippen LogP contribution in [-0.4, -0.2) is 53.5 Å². The lowest BCUT2D eigenvalue weighted by Gasteiger charge is -2.35. The molecule has 182 valence electrons. The highest BCUT2D eigenvalue weighted by Gasteiger charge is 2.60. The maximum Gasteiger partial charge on any atom is 0.335 e. The molecule has 1 spiro atoms. The molecule has 2 atom stereocenters. The highest BCUT2D eigenvalue weighted by molar-refractivity contribution is 6.36. The van der Waals surface area contributed by atoms with Crippen LogP contribution in [0.3, 0.4) is 0 Å². The normalized spacial score (nSPS) is 20.7. The number of methoxy groups -OCH3 is 2. The van der Waals surface area contributed by atoms with Crippen LogP contribution in [0.2, 0.25) is 5.02 Å². The summed E-state index contributed by atoms with van der Waals surface area (Å²) in [5, 5.41) is 21.5. The predicted molar refractivity (Wildman–Crippen MR) is 123 cm³/mol. The Labute approximate surface area is 204 Å². The first-order valence-electron chi connectivity index (χ1n) is 10.4. The molecule has 10 nitrogen and oxygen atoms in total. The number of ketones is 2. The molecule has 0 amide bonds. The van der Waals surface area contributed by atoms with Crippen LogP contribution >= 0.6 is 11.6 Å². The summed E-state index contributed by atoms with van der Waals surface area (Å²) in [6.45, 7) is 1.66. The van der Waals surface area contributed by atoms with Crippen molar-refractivity contribution in [2.24, 2.45) is 5.92 Å². The molecule has 2 unspecified atom stereocenters. The van der Waals surface area contributed by atoms with Crippen LogP contribution in [0.5, 0.6) is 17.2 Å². The zero-order valence-electron chi connectivity index (χ0n) is 18.8. The average Bonchev–Trinajstić information content (AvgIpc) is 3.12. The van der Waals surface area contributed by atoms with Gasteiger partial charge in [-0.15, -0.1) is 0 Å². The molecule has 0 bridgehead atoms. The smallest absolute Gasteiger partial charge is 0.335 e. The Morgan fingerprint density at radius 2 is 1.66 bits per heavy atom. The van der Waals surface area contributed by atoms with E-state index in [0.29, 0.717) is 5.70 Å². The summed E-state index contributed by atoms with van der Waals surface area (Å²) in [7, 11) is 2.76. The standard InChI is InChI=1S/C24H20ClNO9/c1-10-4-13(26-14-6-11(22(29)30)5-12(7-14)23(31)32)8-17(27)24(10)21(28)18-15(33-2)9-16(34-3)19(25)20(18)35-24/h5-10,26H,4H2,1-3H3,(H,29,30)(H,31,32). The first-order valence-corrected chi connectivity index (χ1v) is 10.7. The van der Waals surface area contributed by atoms with Crippen molar-refractivity contribution in [1.82, 2.24) is 0 Å². The topological polar surface area (TPSA) is 148 Å².